The van der Waals surface area contributed by atoms with E-state index in [2.05, 4.69) is 16.0 Å². The van der Waals surface area contributed by atoms with E-state index in [9.17, 15) is 43.2 Å². The number of cyclic esters (lactones) is 2. The lowest BCUT2D eigenvalue weighted by Gasteiger charge is -2.33. The number of ether oxygens (including phenoxy) is 4. The minimum atomic E-state index is -1.35. The molecule has 2 aromatic rings. The minimum Gasteiger partial charge on any atom is -0.456 e. The number of hydrogen-bond donors (Lipinski definition) is 3. The van der Waals surface area contributed by atoms with E-state index in [1.54, 1.807) is 72.1 Å². The maximum atomic E-state index is 14.4. The number of rotatable bonds is 17. The maximum Gasteiger partial charge on any atom is 0.409 e. The number of amides is 7. The predicted octanol–water partition coefficient (Wildman–Crippen LogP) is 8.10. The lowest BCUT2D eigenvalue weighted by molar-refractivity contribution is -0.155. The van der Waals surface area contributed by atoms with Crippen LogP contribution in [-0.4, -0.2) is 164 Å². The molecule has 20 nitrogen and oxygen atoms in total. The predicted molar refractivity (Wildman–Crippen MR) is 317 cm³/mol. The Morgan fingerprint density at radius 2 is 1.36 bits per heavy atom. The van der Waals surface area contributed by atoms with Crippen molar-refractivity contribution in [3.8, 4) is 0 Å². The molecule has 0 saturated carbocycles. The van der Waals surface area contributed by atoms with Crippen LogP contribution >= 0.6 is 11.6 Å². The molecule has 0 bridgehead atoms. The van der Waals surface area contributed by atoms with Crippen molar-refractivity contribution in [1.82, 2.24) is 35.6 Å². The van der Waals surface area contributed by atoms with Gasteiger partial charge in [0.15, 0.2) is 6.10 Å². The zero-order chi connectivity index (χ0) is 62.2. The van der Waals surface area contributed by atoms with Crippen LogP contribution < -0.4 is 16.0 Å². The molecule has 21 heteroatoms. The zero-order valence-electron chi connectivity index (χ0n) is 51.5. The highest BCUT2D eigenvalue weighted by Gasteiger charge is 2.38. The van der Waals surface area contributed by atoms with Gasteiger partial charge in [0.05, 0.1) is 6.54 Å². The summed E-state index contributed by atoms with van der Waals surface area (Å²) in [4.78, 5) is 130. The third kappa shape index (κ3) is 23.0. The van der Waals surface area contributed by atoms with Crippen LogP contribution in [0.2, 0.25) is 5.02 Å². The van der Waals surface area contributed by atoms with Crippen molar-refractivity contribution in [1.29, 1.82) is 0 Å². The van der Waals surface area contributed by atoms with Gasteiger partial charge in [0.25, 0.3) is 5.91 Å². The Morgan fingerprint density at radius 3 is 1.94 bits per heavy atom. The number of halogens is 1. The lowest BCUT2D eigenvalue weighted by atomic mass is 9.90. The van der Waals surface area contributed by atoms with Gasteiger partial charge < -0.3 is 54.5 Å². The third-order valence-electron chi connectivity index (χ3n) is 15.0. The van der Waals surface area contributed by atoms with E-state index < -0.39 is 115 Å². The fraction of sp³-hybridized carbons (Fsp3) is 0.597. The average Bonchev–Trinajstić information content (AvgIpc) is 3.53. The normalized spacial score (nSPS) is 23.7. The van der Waals surface area contributed by atoms with Crippen LogP contribution in [0.1, 0.15) is 131 Å². The first-order valence-corrected chi connectivity index (χ1v) is 29.2. The molecule has 3 N–H and O–H groups in total. The molecule has 0 radical (unpaired) electrons. The average molecular weight is 1180 g/mol. The minimum absolute atomic E-state index is 0.00240. The number of aryl methyl sites for hydroxylation is 1. The molecule has 1 unspecified atom stereocenters. The van der Waals surface area contributed by atoms with Crippen molar-refractivity contribution in [3.63, 3.8) is 0 Å². The Kier molecular flexibility index (Phi) is 29.3. The monoisotopic (exact) mass is 1180 g/mol. The summed E-state index contributed by atoms with van der Waals surface area (Å²) in [6, 6.07) is 9.65. The largest absolute Gasteiger partial charge is 0.456 e. The second-order valence-electron chi connectivity index (χ2n) is 22.5. The molecule has 0 saturated heterocycles. The third-order valence-corrected chi connectivity index (χ3v) is 15.2. The van der Waals surface area contributed by atoms with Gasteiger partial charge in [-0.15, -0.1) is 0 Å². The van der Waals surface area contributed by atoms with Crippen molar-refractivity contribution in [2.24, 2.45) is 17.8 Å². The fourth-order valence-electron chi connectivity index (χ4n) is 9.09. The molecule has 460 valence electrons. The Bertz CT molecular complexity index is 2570. The van der Waals surface area contributed by atoms with Gasteiger partial charge in [-0.25, -0.2) is 19.2 Å². The zero-order valence-corrected chi connectivity index (χ0v) is 52.3. The van der Waals surface area contributed by atoms with Crippen LogP contribution in [0.5, 0.6) is 0 Å². The SMILES string of the molecule is C/C=C(\C)[C@H]1OC(=O)[C@@H](C)NC(=O)[C@H](C(C)CC)NC(=O)CN(C)C(=O)[C@@H](Cc2ccc(Cl)cc2)N(C)C(=O)[C@H](C)NC(=O)[C@@H](CC(C)C)OC(=O)/C(C)=C/C[C@H](OC(=O)N(C)CCCCCCN(C)C(=O)OCc2ccc(C)cc2)[C@@H]1C. The number of benzene rings is 2. The fourth-order valence-corrected chi connectivity index (χ4v) is 9.22. The molecule has 1 heterocycles. The summed E-state index contributed by atoms with van der Waals surface area (Å²) >= 11 is 6.17. The van der Waals surface area contributed by atoms with Crippen molar-refractivity contribution in [2.45, 2.75) is 177 Å². The van der Waals surface area contributed by atoms with Crippen LogP contribution in [0.15, 0.2) is 71.8 Å². The Balaban J connectivity index is 1.96. The molecule has 1 aliphatic heterocycles. The molecule has 9 atom stereocenters. The highest BCUT2D eigenvalue weighted by atomic mass is 35.5. The second-order valence-corrected chi connectivity index (χ2v) is 22.9. The van der Waals surface area contributed by atoms with E-state index in [0.29, 0.717) is 48.5 Å². The summed E-state index contributed by atoms with van der Waals surface area (Å²) in [5.74, 6) is -6.42. The Morgan fingerprint density at radius 1 is 0.783 bits per heavy atom. The van der Waals surface area contributed by atoms with Crippen molar-refractivity contribution in [2.75, 3.05) is 47.8 Å². The number of esters is 2. The Labute approximate surface area is 496 Å². The van der Waals surface area contributed by atoms with Gasteiger partial charge in [-0.05, 0) is 101 Å². The lowest BCUT2D eigenvalue weighted by Crippen LogP contribution is -2.57. The number of likely N-dealkylation sites (N-methyl/N-ethyl adjacent to an activating group) is 2. The Hall–Kier alpha value is -6.96. The smallest absolute Gasteiger partial charge is 0.409 e. The summed E-state index contributed by atoms with van der Waals surface area (Å²) in [7, 11) is 6.09. The second kappa shape index (κ2) is 34.6. The van der Waals surface area contributed by atoms with Gasteiger partial charge in [0.2, 0.25) is 23.6 Å². The van der Waals surface area contributed by atoms with Crippen LogP contribution in [0.4, 0.5) is 9.59 Å². The number of nitrogens with one attached hydrogen (secondary N) is 3. The molecule has 0 spiro atoms. The van der Waals surface area contributed by atoms with Crippen LogP contribution in [0.25, 0.3) is 0 Å². The number of unbranched alkanes of at least 4 members (excludes halogenated alkanes) is 3. The molecular weight excluding hydrogens is 1090 g/mol. The first-order valence-electron chi connectivity index (χ1n) is 28.8. The summed E-state index contributed by atoms with van der Waals surface area (Å²) in [6.45, 7) is 19.4. The molecule has 2 aromatic carbocycles. The molecule has 0 aromatic heterocycles. The van der Waals surface area contributed by atoms with Gasteiger partial charge in [-0.1, -0.05) is 120 Å². The van der Waals surface area contributed by atoms with Crippen molar-refractivity contribution in [3.05, 3.63) is 93.5 Å². The molecule has 83 heavy (non-hydrogen) atoms. The molecule has 0 aliphatic carbocycles. The van der Waals surface area contributed by atoms with Gasteiger partial charge in [0, 0.05) is 70.6 Å². The first kappa shape index (κ1) is 70.3. The number of allylic oxidation sites excluding steroid dienone is 1. The summed E-state index contributed by atoms with van der Waals surface area (Å²) in [5.41, 5.74) is 3.33. The maximum absolute atomic E-state index is 14.4. The molecule has 3 rings (SSSR count). The van der Waals surface area contributed by atoms with Crippen LogP contribution in [0, 0.1) is 24.7 Å². The molecular formula is C62H92ClN7O13. The van der Waals surface area contributed by atoms with E-state index in [0.717, 1.165) is 28.9 Å². The number of hydrogen-bond acceptors (Lipinski definition) is 13. The standard InChI is InChI=1S/C62H92ClN7O13/c1-16-40(6)53-56(73)65-45(11)60(77)83-54(41(7)17-2)43(9)50(82-62(79)68(13)33-21-19-18-20-32-67(12)61(78)80-37-47-25-22-39(5)23-26-47)31-24-42(8)59(76)81-51(34-38(3)4)55(72)64-44(10)57(74)70(15)49(35-46-27-29-48(63)30-28-46)58(75)69(14)36-52(71)66-53/h17,22-30,38,40,43-45,49-51,53-54H,16,18-21,31-37H2,1-15H3,(H,64,72)(H,65,73)(H,66,71)/b41-17+,42-24+/t40?,43-,44-,45+,49+,50-,51+,53-,54+/m0/s1. The van der Waals surface area contributed by atoms with E-state index in [-0.39, 0.29) is 37.4 Å². The van der Waals surface area contributed by atoms with Gasteiger partial charge in [0.1, 0.15) is 43.0 Å². The number of nitrogens with zero attached hydrogens (tertiary/aromatic N) is 4. The number of carbonyl (C=O) groups excluding carboxylic acids is 9. The topological polar surface area (TPSA) is 240 Å². The van der Waals surface area contributed by atoms with Crippen LogP contribution in [0.3, 0.4) is 0 Å². The molecule has 1 aliphatic rings. The van der Waals surface area contributed by atoms with Gasteiger partial charge in [-0.2, -0.15) is 0 Å². The summed E-state index contributed by atoms with van der Waals surface area (Å²) in [6.07, 6.45) is 2.10. The first-order chi connectivity index (χ1) is 39.1. The van der Waals surface area contributed by atoms with Gasteiger partial charge >= 0.3 is 24.1 Å². The summed E-state index contributed by atoms with van der Waals surface area (Å²) < 4.78 is 23.7. The molecule has 7 amide bonds. The van der Waals surface area contributed by atoms with Crippen molar-refractivity contribution >= 4 is 65.3 Å². The van der Waals surface area contributed by atoms with E-state index in [1.165, 1.54) is 55.6 Å². The summed E-state index contributed by atoms with van der Waals surface area (Å²) in [5, 5.41) is 8.57. The van der Waals surface area contributed by atoms with Crippen LogP contribution in [-0.2, 0) is 65.5 Å². The number of carbonyl (C=O) groups is 9. The van der Waals surface area contributed by atoms with E-state index >= 15 is 0 Å². The highest BCUT2D eigenvalue weighted by Crippen LogP contribution is 2.27. The quantitative estimate of drug-likeness (QED) is 0.0588. The highest BCUT2D eigenvalue weighted by molar-refractivity contribution is 6.30. The van der Waals surface area contributed by atoms with E-state index in [4.69, 9.17) is 30.5 Å². The van der Waals surface area contributed by atoms with Crippen molar-refractivity contribution < 1.29 is 62.1 Å². The van der Waals surface area contributed by atoms with E-state index in [1.807, 2.05) is 52.0 Å². The van der Waals surface area contributed by atoms with Gasteiger partial charge in [-0.3, -0.25) is 24.0 Å². The molecule has 0 fully saturated rings.